The van der Waals surface area contributed by atoms with Gasteiger partial charge in [-0.1, -0.05) is 0 Å². The third-order valence-corrected chi connectivity index (χ3v) is 0. The number of hydrogen-bond acceptors (Lipinski definition) is 12. The van der Waals surface area contributed by atoms with Crippen molar-refractivity contribution in [2.75, 3.05) is 0 Å². The second kappa shape index (κ2) is 123. The van der Waals surface area contributed by atoms with Crippen molar-refractivity contribution in [1.29, 1.82) is 0 Å². The van der Waals surface area contributed by atoms with E-state index in [2.05, 4.69) is 0 Å². The fourth-order valence-corrected chi connectivity index (χ4v) is 0. The van der Waals surface area contributed by atoms with Gasteiger partial charge in [0.2, 0.25) is 0 Å². The van der Waals surface area contributed by atoms with E-state index in [4.69, 9.17) is 47.5 Å². The second-order valence-corrected chi connectivity index (χ2v) is 3.00. The van der Waals surface area contributed by atoms with Crippen LogP contribution < -0.4 is 24.8 Å². The molecule has 0 saturated heterocycles. The maximum atomic E-state index is 8.53. The van der Waals surface area contributed by atoms with Crippen LogP contribution >= 0.6 is 0 Å². The summed E-state index contributed by atoms with van der Waals surface area (Å²) in [5, 5.41) is 0. The van der Waals surface area contributed by atoms with Crippen molar-refractivity contribution < 1.29 is 83.1 Å². The molecule has 0 bridgehead atoms. The topological polar surface area (TPSA) is 241 Å². The van der Waals surface area contributed by atoms with Crippen LogP contribution in [0.2, 0.25) is 0 Å². The average Bonchev–Trinajstić information content (AvgIpc) is 2.23. The molecule has 0 aromatic carbocycles. The Morgan fingerprint density at radius 1 is 0.400 bits per heavy atom. The Hall–Kier alpha value is 2.69. The van der Waals surface area contributed by atoms with Gasteiger partial charge < -0.3 is 0 Å². The Labute approximate surface area is 193 Å². The summed E-state index contributed by atoms with van der Waals surface area (Å²) >= 11 is -13.1. The molecule has 0 amide bonds. The van der Waals surface area contributed by atoms with Gasteiger partial charge in [0.15, 0.2) is 0 Å². The van der Waals surface area contributed by atoms with Crippen molar-refractivity contribution in [3.8, 4) is 0 Å². The van der Waals surface area contributed by atoms with Crippen LogP contribution in [0.1, 0.15) is 0 Å². The van der Waals surface area contributed by atoms with Gasteiger partial charge in [0.1, 0.15) is 0 Å². The van der Waals surface area contributed by atoms with Gasteiger partial charge in [0, 0.05) is 0 Å². The summed E-state index contributed by atoms with van der Waals surface area (Å²) in [6.45, 7) is 0. The predicted molar refractivity (Wildman–Crippen MR) is 52.8 cm³/mol. The maximum absolute atomic E-state index is 8.53. The van der Waals surface area contributed by atoms with E-state index in [-0.39, 0.29) is 55.4 Å². The van der Waals surface area contributed by atoms with Crippen LogP contribution in [-0.2, 0) is 22.7 Å². The molecule has 0 heterocycles. The molecule has 0 spiro atoms. The Bertz CT molecular complexity index is 119. The number of rotatable bonds is 0. The summed E-state index contributed by atoms with van der Waals surface area (Å²) in [5.41, 5.74) is 0. The molecule has 20 heteroatoms. The zero-order valence-corrected chi connectivity index (χ0v) is 30.1. The molecule has 0 aromatic rings. The van der Waals surface area contributed by atoms with Crippen LogP contribution in [0.4, 0.5) is 0 Å². The molecular weight excluding hydrogens is 836 g/mol. The van der Waals surface area contributed by atoms with Crippen LogP contribution in [0.5, 0.6) is 0 Å². The van der Waals surface area contributed by atoms with Crippen molar-refractivity contribution >= 4 is 114 Å². The first-order valence-corrected chi connectivity index (χ1v) is 14.7. The molecule has 0 aliphatic carbocycles. The second-order valence-electron chi connectivity index (χ2n) is 0.577. The molecule has 12 nitrogen and oxygen atoms in total. The first-order chi connectivity index (χ1) is 8.49. The van der Waals surface area contributed by atoms with Gasteiger partial charge in [-0.3, -0.25) is 0 Å². The first kappa shape index (κ1) is 49.5. The summed E-state index contributed by atoms with van der Waals surface area (Å²) in [7, 11) is 0. The fraction of sp³-hybridized carbons (Fsp3) is 0. The molecular formula is H6GaGe6LaO12. The fourth-order valence-electron chi connectivity index (χ4n) is 0. The van der Waals surface area contributed by atoms with E-state index in [1.165, 1.54) is 0 Å². The Morgan fingerprint density at radius 3 is 0.400 bits per heavy atom. The Balaban J connectivity index is -0.0000000141. The Morgan fingerprint density at radius 2 is 0.400 bits per heavy atom. The van der Waals surface area contributed by atoms with Crippen LogP contribution in [0.15, 0.2) is 0 Å². The summed E-state index contributed by atoms with van der Waals surface area (Å²) in [6.07, 6.45) is 0. The molecule has 0 aliphatic heterocycles. The van der Waals surface area contributed by atoms with Crippen LogP contribution in [0, 0.1) is 35.6 Å². The molecule has 0 fully saturated rings. The Kier molecular flexibility index (Phi) is 304. The third kappa shape index (κ3) is 1110. The SMILES string of the molecule is [Ga+3].[La+3].[O]=[GeH][O-].[O]=[GeH][O-].[O]=[GeH][O-].[O]=[GeH][O-].[O]=[GeH][O-].[O]=[GeH][O-]. The first-order valence-electron chi connectivity index (χ1n) is 2.83. The summed E-state index contributed by atoms with van der Waals surface area (Å²) in [5.74, 6) is 0. The third-order valence-electron chi connectivity index (χ3n) is 0. The molecule has 0 radical (unpaired) electrons. The van der Waals surface area contributed by atoms with Crippen molar-refractivity contribution in [1.82, 2.24) is 0 Å². The van der Waals surface area contributed by atoms with Gasteiger partial charge in [-0.15, -0.1) is 0 Å². The predicted octanol–water partition coefficient (Wildman–Crippen LogP) is -12.1. The summed E-state index contributed by atoms with van der Waals surface area (Å²) in [4.78, 5) is 0. The van der Waals surface area contributed by atoms with Gasteiger partial charge in [-0.25, -0.2) is 0 Å². The minimum atomic E-state index is -2.19. The molecule has 0 unspecified atom stereocenters. The monoisotopic (exact) mass is 849 g/mol. The van der Waals surface area contributed by atoms with E-state index in [1.807, 2.05) is 0 Å². The standard InChI is InChI=1S/Ga.6GeHO2.La/c;6*2-1-3;/h;6*1H;/q+3;6*-1;+3. The molecule has 0 aromatic heterocycles. The van der Waals surface area contributed by atoms with E-state index in [0.717, 1.165) is 0 Å². The van der Waals surface area contributed by atoms with Crippen LogP contribution in [0.25, 0.3) is 0 Å². The van der Waals surface area contributed by atoms with E-state index < -0.39 is 94.2 Å². The minimum absolute atomic E-state index is 0. The molecule has 0 saturated carbocycles. The van der Waals surface area contributed by atoms with Crippen LogP contribution in [-0.4, -0.2) is 114 Å². The average molecular weight is 842 g/mol. The van der Waals surface area contributed by atoms with E-state index in [9.17, 15) is 0 Å². The van der Waals surface area contributed by atoms with Crippen molar-refractivity contribution in [3.05, 3.63) is 0 Å². The van der Waals surface area contributed by atoms with Gasteiger partial charge in [0.25, 0.3) is 0 Å². The van der Waals surface area contributed by atoms with Gasteiger partial charge in [-0.2, -0.15) is 0 Å². The van der Waals surface area contributed by atoms with Crippen LogP contribution in [0.3, 0.4) is 0 Å². The van der Waals surface area contributed by atoms with E-state index in [0.29, 0.717) is 0 Å². The summed E-state index contributed by atoms with van der Waals surface area (Å²) < 4.78 is 102. The number of hydrogen-bond donors (Lipinski definition) is 0. The van der Waals surface area contributed by atoms with Crippen molar-refractivity contribution in [3.63, 3.8) is 0 Å². The molecule has 108 valence electrons. The van der Waals surface area contributed by atoms with E-state index in [1.54, 1.807) is 0 Å². The molecule has 0 atom stereocenters. The normalized spacial score (nSPS) is 3.60. The molecule has 0 aliphatic rings. The summed E-state index contributed by atoms with van der Waals surface area (Å²) in [6, 6.07) is 0. The van der Waals surface area contributed by atoms with Crippen molar-refractivity contribution in [2.45, 2.75) is 0 Å². The quantitative estimate of drug-likeness (QED) is 0.207. The van der Waals surface area contributed by atoms with Crippen molar-refractivity contribution in [2.24, 2.45) is 0 Å². The molecule has 20 heavy (non-hydrogen) atoms. The van der Waals surface area contributed by atoms with Gasteiger partial charge >= 0.3 is 197 Å². The zero-order chi connectivity index (χ0) is 16.2. The molecule has 0 N–H and O–H groups in total. The zero-order valence-electron chi connectivity index (χ0n) is 9.52. The van der Waals surface area contributed by atoms with Gasteiger partial charge in [0.05, 0.1) is 0 Å². The van der Waals surface area contributed by atoms with E-state index >= 15 is 0 Å². The molecule has 0 rings (SSSR count). The van der Waals surface area contributed by atoms with Gasteiger partial charge in [-0.05, 0) is 0 Å².